The molecule has 2 rings (SSSR count). The highest BCUT2D eigenvalue weighted by atomic mass is 35.5. The van der Waals surface area contributed by atoms with Gasteiger partial charge in [0.15, 0.2) is 0 Å². The number of nitrogens with one attached hydrogen (secondary N) is 1. The van der Waals surface area contributed by atoms with Crippen LogP contribution in [-0.2, 0) is 6.54 Å². The number of hydrogen-bond acceptors (Lipinski definition) is 1. The third kappa shape index (κ3) is 3.73. The Morgan fingerprint density at radius 3 is 2.16 bits per heavy atom. The Morgan fingerprint density at radius 2 is 1.58 bits per heavy atom. The first-order chi connectivity index (χ1) is 9.22. The zero-order valence-electron chi connectivity index (χ0n) is 10.9. The summed E-state index contributed by atoms with van der Waals surface area (Å²) in [5, 5.41) is 4.94. The molecule has 0 saturated heterocycles. The van der Waals surface area contributed by atoms with E-state index in [0.29, 0.717) is 22.6 Å². The van der Waals surface area contributed by atoms with Gasteiger partial charge in [-0.3, -0.25) is 0 Å². The minimum absolute atomic E-state index is 0.313. The zero-order chi connectivity index (χ0) is 13.7. The van der Waals surface area contributed by atoms with Crippen molar-refractivity contribution in [2.75, 3.05) is 0 Å². The van der Waals surface area contributed by atoms with Crippen LogP contribution in [0, 0.1) is 0 Å². The van der Waals surface area contributed by atoms with Crippen LogP contribution in [0.5, 0.6) is 0 Å². The number of benzene rings is 2. The van der Waals surface area contributed by atoms with E-state index in [1.807, 2.05) is 24.3 Å². The molecule has 0 bridgehead atoms. The van der Waals surface area contributed by atoms with Crippen LogP contribution in [0.2, 0.25) is 10.0 Å². The average molecular weight is 294 g/mol. The first-order valence-corrected chi connectivity index (χ1v) is 7.19. The van der Waals surface area contributed by atoms with Gasteiger partial charge in [-0.1, -0.05) is 66.5 Å². The lowest BCUT2D eigenvalue weighted by Crippen LogP contribution is -2.20. The second kappa shape index (κ2) is 6.95. The number of rotatable bonds is 5. The van der Waals surface area contributed by atoms with E-state index in [0.717, 1.165) is 12.0 Å². The van der Waals surface area contributed by atoms with Gasteiger partial charge in [0.25, 0.3) is 0 Å². The third-order valence-electron chi connectivity index (χ3n) is 3.20. The van der Waals surface area contributed by atoms with Crippen molar-refractivity contribution < 1.29 is 0 Å². The predicted molar refractivity (Wildman–Crippen MR) is 82.8 cm³/mol. The van der Waals surface area contributed by atoms with Crippen molar-refractivity contribution >= 4 is 23.2 Å². The summed E-state index contributed by atoms with van der Waals surface area (Å²) in [6.45, 7) is 2.84. The molecule has 0 amide bonds. The lowest BCUT2D eigenvalue weighted by Gasteiger charge is -2.18. The second-order valence-electron chi connectivity index (χ2n) is 4.45. The first-order valence-electron chi connectivity index (χ1n) is 6.43. The smallest absolute Gasteiger partial charge is 0.0465 e. The topological polar surface area (TPSA) is 12.0 Å². The van der Waals surface area contributed by atoms with E-state index in [9.17, 15) is 0 Å². The molecule has 0 aromatic heterocycles. The van der Waals surface area contributed by atoms with Gasteiger partial charge in [0.2, 0.25) is 0 Å². The van der Waals surface area contributed by atoms with Crippen LogP contribution < -0.4 is 5.32 Å². The molecular formula is C16H17Cl2N. The van der Waals surface area contributed by atoms with Gasteiger partial charge >= 0.3 is 0 Å². The Labute approximate surface area is 124 Å². The van der Waals surface area contributed by atoms with Gasteiger partial charge in [-0.05, 0) is 24.1 Å². The summed E-state index contributed by atoms with van der Waals surface area (Å²) in [6.07, 6.45) is 1.02. The van der Waals surface area contributed by atoms with E-state index in [1.54, 1.807) is 0 Å². The van der Waals surface area contributed by atoms with Gasteiger partial charge in [0.05, 0.1) is 0 Å². The molecule has 19 heavy (non-hydrogen) atoms. The van der Waals surface area contributed by atoms with Crippen LogP contribution >= 0.6 is 23.2 Å². The van der Waals surface area contributed by atoms with E-state index in [-0.39, 0.29) is 0 Å². The minimum atomic E-state index is 0.313. The van der Waals surface area contributed by atoms with E-state index >= 15 is 0 Å². The molecule has 3 heteroatoms. The molecule has 0 fully saturated rings. The number of hydrogen-bond donors (Lipinski definition) is 1. The standard InChI is InChI=1S/C16H17Cl2N/c1-2-16(12-7-4-3-5-8-12)19-11-13-14(17)9-6-10-15(13)18/h3-10,16,19H,2,11H2,1H3. The average Bonchev–Trinajstić information content (AvgIpc) is 2.43. The van der Waals surface area contributed by atoms with Crippen molar-refractivity contribution in [2.24, 2.45) is 0 Å². The van der Waals surface area contributed by atoms with Crippen LogP contribution in [-0.4, -0.2) is 0 Å². The molecule has 0 aliphatic rings. The van der Waals surface area contributed by atoms with Crippen LogP contribution in [0.1, 0.15) is 30.5 Å². The van der Waals surface area contributed by atoms with Crippen LogP contribution in [0.4, 0.5) is 0 Å². The van der Waals surface area contributed by atoms with Crippen molar-refractivity contribution in [2.45, 2.75) is 25.9 Å². The summed E-state index contributed by atoms with van der Waals surface area (Å²) in [4.78, 5) is 0. The van der Waals surface area contributed by atoms with Crippen LogP contribution in [0.25, 0.3) is 0 Å². The Balaban J connectivity index is 2.09. The van der Waals surface area contributed by atoms with Gasteiger partial charge in [-0.25, -0.2) is 0 Å². The normalized spacial score (nSPS) is 12.4. The highest BCUT2D eigenvalue weighted by Crippen LogP contribution is 2.25. The lowest BCUT2D eigenvalue weighted by molar-refractivity contribution is 0.519. The highest BCUT2D eigenvalue weighted by molar-refractivity contribution is 6.35. The molecule has 1 N–H and O–H groups in total. The molecule has 1 atom stereocenters. The predicted octanol–water partition coefficient (Wildman–Crippen LogP) is 5.23. The summed E-state index contributed by atoms with van der Waals surface area (Å²) < 4.78 is 0. The van der Waals surface area contributed by atoms with Crippen LogP contribution in [0.3, 0.4) is 0 Å². The van der Waals surface area contributed by atoms with Crippen molar-refractivity contribution in [3.8, 4) is 0 Å². The minimum Gasteiger partial charge on any atom is -0.306 e. The Kier molecular flexibility index (Phi) is 5.26. The maximum absolute atomic E-state index is 6.18. The third-order valence-corrected chi connectivity index (χ3v) is 3.91. The van der Waals surface area contributed by atoms with Gasteiger partial charge in [0, 0.05) is 28.2 Å². The molecule has 0 spiro atoms. The van der Waals surface area contributed by atoms with Gasteiger partial charge in [-0.2, -0.15) is 0 Å². The summed E-state index contributed by atoms with van der Waals surface area (Å²) >= 11 is 12.4. The van der Waals surface area contributed by atoms with Gasteiger partial charge in [0.1, 0.15) is 0 Å². The fourth-order valence-electron chi connectivity index (χ4n) is 2.11. The van der Waals surface area contributed by atoms with Crippen molar-refractivity contribution in [1.82, 2.24) is 5.32 Å². The van der Waals surface area contributed by atoms with Gasteiger partial charge in [-0.15, -0.1) is 0 Å². The first kappa shape index (κ1) is 14.4. The van der Waals surface area contributed by atoms with Crippen LogP contribution in [0.15, 0.2) is 48.5 Å². The summed E-state index contributed by atoms with van der Waals surface area (Å²) in [7, 11) is 0. The lowest BCUT2D eigenvalue weighted by atomic mass is 10.0. The molecule has 2 aromatic carbocycles. The molecule has 0 saturated carbocycles. The Morgan fingerprint density at radius 1 is 0.947 bits per heavy atom. The van der Waals surface area contributed by atoms with Gasteiger partial charge < -0.3 is 5.32 Å². The van der Waals surface area contributed by atoms with E-state index < -0.39 is 0 Å². The second-order valence-corrected chi connectivity index (χ2v) is 5.27. The van der Waals surface area contributed by atoms with Crippen molar-refractivity contribution in [3.63, 3.8) is 0 Å². The molecule has 0 aliphatic carbocycles. The molecule has 1 unspecified atom stereocenters. The number of halogens is 2. The van der Waals surface area contributed by atoms with Crippen molar-refractivity contribution in [3.05, 3.63) is 69.7 Å². The fourth-order valence-corrected chi connectivity index (χ4v) is 2.64. The molecule has 1 nitrogen and oxygen atoms in total. The summed E-state index contributed by atoms with van der Waals surface area (Å²) in [6, 6.07) is 16.3. The fraction of sp³-hybridized carbons (Fsp3) is 0.250. The van der Waals surface area contributed by atoms with E-state index in [4.69, 9.17) is 23.2 Å². The monoisotopic (exact) mass is 293 g/mol. The maximum Gasteiger partial charge on any atom is 0.0465 e. The van der Waals surface area contributed by atoms with E-state index in [1.165, 1.54) is 5.56 Å². The van der Waals surface area contributed by atoms with E-state index in [2.05, 4.69) is 36.5 Å². The quantitative estimate of drug-likeness (QED) is 0.795. The molecule has 0 radical (unpaired) electrons. The largest absolute Gasteiger partial charge is 0.306 e. The molecule has 0 heterocycles. The Hall–Kier alpha value is -1.02. The highest BCUT2D eigenvalue weighted by Gasteiger charge is 2.10. The molecular weight excluding hydrogens is 277 g/mol. The molecule has 0 aliphatic heterocycles. The summed E-state index contributed by atoms with van der Waals surface area (Å²) in [5.74, 6) is 0. The SMILES string of the molecule is CCC(NCc1c(Cl)cccc1Cl)c1ccccc1. The molecule has 100 valence electrons. The Bertz CT molecular complexity index is 505. The zero-order valence-corrected chi connectivity index (χ0v) is 12.4. The summed E-state index contributed by atoms with van der Waals surface area (Å²) in [5.41, 5.74) is 2.24. The maximum atomic E-state index is 6.18. The van der Waals surface area contributed by atoms with Crippen molar-refractivity contribution in [1.29, 1.82) is 0 Å². The molecule has 2 aromatic rings.